The predicted molar refractivity (Wildman–Crippen MR) is 69.9 cm³/mol. The Morgan fingerprint density at radius 2 is 2.14 bits per heavy atom. The Hall–Kier alpha value is -2.71. The average molecular weight is 295 g/mol. The lowest BCUT2D eigenvalue weighted by Gasteiger charge is -2.41. The van der Waals surface area contributed by atoms with E-state index < -0.39 is 28.3 Å². The van der Waals surface area contributed by atoms with Gasteiger partial charge in [0.05, 0.1) is 17.0 Å². The van der Waals surface area contributed by atoms with E-state index in [9.17, 15) is 24.5 Å². The summed E-state index contributed by atoms with van der Waals surface area (Å²) in [7, 11) is 0. The Kier molecular flexibility index (Phi) is 3.74. The zero-order valence-corrected chi connectivity index (χ0v) is 11.1. The van der Waals surface area contributed by atoms with E-state index >= 15 is 0 Å². The number of aliphatic carboxylic acids is 1. The Morgan fingerprint density at radius 1 is 1.52 bits per heavy atom. The maximum atomic E-state index is 12.1. The van der Waals surface area contributed by atoms with Crippen LogP contribution in [0.4, 0.5) is 5.69 Å². The molecule has 1 aromatic heterocycles. The van der Waals surface area contributed by atoms with Crippen molar-refractivity contribution >= 4 is 17.6 Å². The number of nitro groups is 1. The van der Waals surface area contributed by atoms with Crippen LogP contribution in [0, 0.1) is 22.0 Å². The summed E-state index contributed by atoms with van der Waals surface area (Å²) in [5, 5.41) is 19.5. The van der Waals surface area contributed by atoms with Gasteiger partial charge in [0.2, 0.25) is 0 Å². The number of nitrogens with one attached hydrogen (secondary N) is 1. The molecule has 9 heteroatoms. The number of likely N-dealkylation sites (tertiary alicyclic amines) is 1. The Morgan fingerprint density at radius 3 is 2.67 bits per heavy atom. The van der Waals surface area contributed by atoms with Crippen molar-refractivity contribution < 1.29 is 19.6 Å². The van der Waals surface area contributed by atoms with Gasteiger partial charge in [0.25, 0.3) is 17.2 Å². The van der Waals surface area contributed by atoms with Crippen molar-refractivity contribution in [1.82, 2.24) is 9.88 Å². The molecule has 0 aromatic carbocycles. The summed E-state index contributed by atoms with van der Waals surface area (Å²) in [4.78, 5) is 47.9. The van der Waals surface area contributed by atoms with Crippen LogP contribution in [0.25, 0.3) is 0 Å². The van der Waals surface area contributed by atoms with Gasteiger partial charge in [0, 0.05) is 25.1 Å². The van der Waals surface area contributed by atoms with E-state index in [2.05, 4.69) is 4.98 Å². The van der Waals surface area contributed by atoms with Gasteiger partial charge < -0.3 is 15.0 Å². The number of aromatic amines is 1. The van der Waals surface area contributed by atoms with Gasteiger partial charge in [-0.2, -0.15) is 0 Å². The number of carboxylic acid groups (broad SMARTS) is 1. The number of carbonyl (C=O) groups is 2. The van der Waals surface area contributed by atoms with Gasteiger partial charge in [-0.15, -0.1) is 0 Å². The molecule has 21 heavy (non-hydrogen) atoms. The highest BCUT2D eigenvalue weighted by molar-refractivity contribution is 5.95. The molecule has 1 atom stereocenters. The molecule has 0 radical (unpaired) electrons. The predicted octanol–water partition coefficient (Wildman–Crippen LogP) is 0.0758. The largest absolute Gasteiger partial charge is 0.481 e. The minimum atomic E-state index is -0.944. The van der Waals surface area contributed by atoms with E-state index in [0.29, 0.717) is 0 Å². The number of amides is 1. The van der Waals surface area contributed by atoms with Crippen molar-refractivity contribution in [3.05, 3.63) is 38.3 Å². The van der Waals surface area contributed by atoms with E-state index in [0.717, 1.165) is 12.3 Å². The normalized spacial score (nSPS) is 16.1. The molecule has 1 saturated heterocycles. The van der Waals surface area contributed by atoms with Gasteiger partial charge in [0.15, 0.2) is 0 Å². The number of carboxylic acids is 1. The number of carbonyl (C=O) groups excluding carboxylic acids is 1. The van der Waals surface area contributed by atoms with E-state index in [1.54, 1.807) is 6.92 Å². The van der Waals surface area contributed by atoms with Crippen molar-refractivity contribution in [2.45, 2.75) is 6.92 Å². The summed E-state index contributed by atoms with van der Waals surface area (Å²) < 4.78 is 0. The van der Waals surface area contributed by atoms with Crippen LogP contribution >= 0.6 is 0 Å². The van der Waals surface area contributed by atoms with Crippen molar-refractivity contribution in [2.24, 2.45) is 11.8 Å². The van der Waals surface area contributed by atoms with Gasteiger partial charge >= 0.3 is 5.97 Å². The third-order valence-electron chi connectivity index (χ3n) is 3.62. The first-order valence-electron chi connectivity index (χ1n) is 6.20. The van der Waals surface area contributed by atoms with Crippen LogP contribution in [0.2, 0.25) is 0 Å². The fraction of sp³-hybridized carbons (Fsp3) is 0.417. The molecule has 1 aliphatic heterocycles. The molecule has 2 rings (SSSR count). The maximum Gasteiger partial charge on any atom is 0.306 e. The molecule has 1 amide bonds. The molecular weight excluding hydrogens is 282 g/mol. The summed E-state index contributed by atoms with van der Waals surface area (Å²) in [5.41, 5.74) is -1.40. The summed E-state index contributed by atoms with van der Waals surface area (Å²) in [5.74, 6) is -2.34. The lowest BCUT2D eigenvalue weighted by molar-refractivity contribution is -0.385. The highest BCUT2D eigenvalue weighted by Gasteiger charge is 2.38. The molecule has 0 spiro atoms. The van der Waals surface area contributed by atoms with E-state index in [4.69, 9.17) is 5.11 Å². The minimum Gasteiger partial charge on any atom is -0.481 e. The Bertz CT molecular complexity index is 661. The summed E-state index contributed by atoms with van der Waals surface area (Å²) >= 11 is 0. The molecule has 2 N–H and O–H groups in total. The van der Waals surface area contributed by atoms with Crippen molar-refractivity contribution in [1.29, 1.82) is 0 Å². The second-order valence-corrected chi connectivity index (χ2v) is 4.95. The van der Waals surface area contributed by atoms with Crippen LogP contribution in [-0.2, 0) is 4.79 Å². The highest BCUT2D eigenvalue weighted by atomic mass is 16.6. The standard InChI is InChI=1S/C12H13N3O6/c1-6(12(18)19)7-4-14(5-7)11(17)9-2-8(15(20)21)3-13-10(9)16/h2-3,6-7H,4-5H2,1H3,(H,13,16)(H,18,19). The van der Waals surface area contributed by atoms with Crippen LogP contribution in [0.5, 0.6) is 0 Å². The highest BCUT2D eigenvalue weighted by Crippen LogP contribution is 2.25. The van der Waals surface area contributed by atoms with E-state index in [1.807, 2.05) is 0 Å². The average Bonchev–Trinajstić information content (AvgIpc) is 2.36. The van der Waals surface area contributed by atoms with Crippen molar-refractivity contribution in [3.63, 3.8) is 0 Å². The molecule has 1 fully saturated rings. The Labute approximate surface area is 118 Å². The van der Waals surface area contributed by atoms with Crippen LogP contribution in [0.3, 0.4) is 0 Å². The monoisotopic (exact) mass is 295 g/mol. The fourth-order valence-corrected chi connectivity index (χ4v) is 2.10. The number of hydrogen-bond donors (Lipinski definition) is 2. The Balaban J connectivity index is 2.13. The second-order valence-electron chi connectivity index (χ2n) is 4.95. The number of aromatic nitrogens is 1. The molecule has 0 aliphatic carbocycles. The second kappa shape index (κ2) is 5.35. The molecular formula is C12H13N3O6. The summed E-state index contributed by atoms with van der Waals surface area (Å²) in [6, 6.07) is 0.926. The molecule has 9 nitrogen and oxygen atoms in total. The van der Waals surface area contributed by atoms with Crippen molar-refractivity contribution in [2.75, 3.05) is 13.1 Å². The van der Waals surface area contributed by atoms with Gasteiger partial charge in [-0.25, -0.2) is 0 Å². The molecule has 0 bridgehead atoms. The topological polar surface area (TPSA) is 134 Å². The molecule has 0 saturated carbocycles. The third-order valence-corrected chi connectivity index (χ3v) is 3.62. The van der Waals surface area contributed by atoms with Crippen molar-refractivity contribution in [3.8, 4) is 0 Å². The first-order chi connectivity index (χ1) is 9.81. The summed E-state index contributed by atoms with van der Waals surface area (Å²) in [6.07, 6.45) is 0.921. The quantitative estimate of drug-likeness (QED) is 0.596. The number of rotatable bonds is 4. The zero-order valence-electron chi connectivity index (χ0n) is 11.1. The van der Waals surface area contributed by atoms with Crippen LogP contribution < -0.4 is 5.56 Å². The van der Waals surface area contributed by atoms with Crippen LogP contribution in [-0.4, -0.2) is 44.9 Å². The number of hydrogen-bond acceptors (Lipinski definition) is 5. The fourth-order valence-electron chi connectivity index (χ4n) is 2.10. The smallest absolute Gasteiger partial charge is 0.306 e. The molecule has 1 aromatic rings. The van der Waals surface area contributed by atoms with Gasteiger partial charge in [-0.3, -0.25) is 24.5 Å². The number of H-pyrrole nitrogens is 1. The molecule has 1 aliphatic rings. The minimum absolute atomic E-state index is 0.177. The molecule has 2 heterocycles. The lowest BCUT2D eigenvalue weighted by atomic mass is 9.86. The van der Waals surface area contributed by atoms with Gasteiger partial charge in [-0.1, -0.05) is 6.92 Å². The summed E-state index contributed by atoms with van der Waals surface area (Å²) in [6.45, 7) is 1.98. The SMILES string of the molecule is CC(C(=O)O)C1CN(C(=O)c2cc([N+](=O)[O-])c[nH]c2=O)C1. The van der Waals surface area contributed by atoms with Crippen LogP contribution in [0.1, 0.15) is 17.3 Å². The van der Waals surface area contributed by atoms with Crippen LogP contribution in [0.15, 0.2) is 17.1 Å². The first-order valence-corrected chi connectivity index (χ1v) is 6.20. The zero-order chi connectivity index (χ0) is 15.7. The van der Waals surface area contributed by atoms with Gasteiger partial charge in [-0.05, 0) is 0 Å². The van der Waals surface area contributed by atoms with E-state index in [-0.39, 0.29) is 30.3 Å². The maximum absolute atomic E-state index is 12.1. The third kappa shape index (κ3) is 2.76. The lowest BCUT2D eigenvalue weighted by Crippen LogP contribution is -2.54. The molecule has 1 unspecified atom stereocenters. The number of nitrogens with zero attached hydrogens (tertiary/aromatic N) is 2. The van der Waals surface area contributed by atoms with E-state index in [1.165, 1.54) is 4.90 Å². The number of pyridine rings is 1. The van der Waals surface area contributed by atoms with Gasteiger partial charge in [0.1, 0.15) is 5.56 Å². The first kappa shape index (κ1) is 14.7. The molecule has 112 valence electrons.